The van der Waals surface area contributed by atoms with E-state index in [-0.39, 0.29) is 0 Å². The van der Waals surface area contributed by atoms with Crippen molar-refractivity contribution >= 4 is 11.0 Å². The summed E-state index contributed by atoms with van der Waals surface area (Å²) in [5.74, 6) is 2.09. The van der Waals surface area contributed by atoms with Crippen molar-refractivity contribution in [1.29, 1.82) is 0 Å². The van der Waals surface area contributed by atoms with Crippen LogP contribution in [-0.4, -0.2) is 34.1 Å². The van der Waals surface area contributed by atoms with Gasteiger partial charge in [-0.2, -0.15) is 0 Å². The van der Waals surface area contributed by atoms with Gasteiger partial charge in [0.2, 0.25) is 0 Å². The predicted molar refractivity (Wildman–Crippen MR) is 115 cm³/mol. The van der Waals surface area contributed by atoms with Crippen LogP contribution in [0.1, 0.15) is 30.7 Å². The number of rotatable bonds is 8. The molecule has 4 nitrogen and oxygen atoms in total. The van der Waals surface area contributed by atoms with Crippen LogP contribution in [0.4, 0.5) is 0 Å². The Morgan fingerprint density at radius 1 is 1.00 bits per heavy atom. The van der Waals surface area contributed by atoms with Crippen LogP contribution in [0.25, 0.3) is 11.0 Å². The summed E-state index contributed by atoms with van der Waals surface area (Å²) in [6, 6.07) is 16.6. The number of likely N-dealkylation sites (tertiary alicyclic amines) is 1. The highest BCUT2D eigenvalue weighted by Crippen LogP contribution is 2.21. The van der Waals surface area contributed by atoms with Crippen molar-refractivity contribution < 1.29 is 4.74 Å². The van der Waals surface area contributed by atoms with E-state index in [2.05, 4.69) is 46.4 Å². The Kier molecular flexibility index (Phi) is 6.07. The molecular formula is C24H29N3O. The largest absolute Gasteiger partial charge is 0.491 e. The van der Waals surface area contributed by atoms with Crippen molar-refractivity contribution in [3.63, 3.8) is 0 Å². The lowest BCUT2D eigenvalue weighted by molar-refractivity contribution is 0.211. The fourth-order valence-electron chi connectivity index (χ4n) is 4.03. The average molecular weight is 376 g/mol. The van der Waals surface area contributed by atoms with Gasteiger partial charge in [-0.3, -0.25) is 4.90 Å². The van der Waals surface area contributed by atoms with Gasteiger partial charge in [0.15, 0.2) is 0 Å². The van der Waals surface area contributed by atoms with Crippen molar-refractivity contribution in [1.82, 2.24) is 14.5 Å². The van der Waals surface area contributed by atoms with Crippen LogP contribution in [0.5, 0.6) is 5.75 Å². The Hall–Kier alpha value is -2.59. The maximum absolute atomic E-state index is 6.15. The number of hydrogen-bond donors (Lipinski definition) is 0. The van der Waals surface area contributed by atoms with Gasteiger partial charge in [-0.15, -0.1) is 6.58 Å². The zero-order chi connectivity index (χ0) is 19.2. The van der Waals surface area contributed by atoms with Crippen LogP contribution in [0.15, 0.2) is 61.2 Å². The van der Waals surface area contributed by atoms with Crippen LogP contribution >= 0.6 is 0 Å². The third-order valence-electron chi connectivity index (χ3n) is 5.46. The summed E-state index contributed by atoms with van der Waals surface area (Å²) in [5, 5.41) is 0. The second-order valence-corrected chi connectivity index (χ2v) is 7.45. The van der Waals surface area contributed by atoms with E-state index in [1.807, 2.05) is 24.3 Å². The van der Waals surface area contributed by atoms with Crippen LogP contribution in [0.3, 0.4) is 0 Å². The molecule has 0 aliphatic carbocycles. The van der Waals surface area contributed by atoms with Gasteiger partial charge in [0.05, 0.1) is 24.1 Å². The quantitative estimate of drug-likeness (QED) is 0.528. The van der Waals surface area contributed by atoms with Gasteiger partial charge in [-0.1, -0.05) is 42.8 Å². The molecule has 1 aliphatic heterocycles. The first kappa shape index (κ1) is 18.8. The minimum absolute atomic E-state index is 0.626. The van der Waals surface area contributed by atoms with Crippen LogP contribution in [0.2, 0.25) is 0 Å². The van der Waals surface area contributed by atoms with Crippen molar-refractivity contribution in [3.05, 3.63) is 72.6 Å². The molecule has 28 heavy (non-hydrogen) atoms. The summed E-state index contributed by atoms with van der Waals surface area (Å²) >= 11 is 0. The van der Waals surface area contributed by atoms with E-state index >= 15 is 0 Å². The molecular weight excluding hydrogens is 346 g/mol. The fourth-order valence-corrected chi connectivity index (χ4v) is 4.03. The topological polar surface area (TPSA) is 30.3 Å². The number of nitrogens with zero attached hydrogens (tertiary/aromatic N) is 3. The third-order valence-corrected chi connectivity index (χ3v) is 5.46. The highest BCUT2D eigenvalue weighted by atomic mass is 16.5. The molecule has 1 aromatic heterocycles. The number of allylic oxidation sites excluding steroid dienone is 1. The maximum atomic E-state index is 6.15. The summed E-state index contributed by atoms with van der Waals surface area (Å²) in [5.41, 5.74) is 3.44. The summed E-state index contributed by atoms with van der Waals surface area (Å²) in [6.45, 7) is 8.54. The third kappa shape index (κ3) is 4.28. The molecule has 4 heteroatoms. The minimum atomic E-state index is 0.626. The van der Waals surface area contributed by atoms with E-state index in [4.69, 9.17) is 9.72 Å². The number of ether oxygens (including phenoxy) is 1. The molecule has 0 spiro atoms. The molecule has 1 aliphatic rings. The van der Waals surface area contributed by atoms with Crippen LogP contribution < -0.4 is 4.74 Å². The minimum Gasteiger partial charge on any atom is -0.491 e. The van der Waals surface area contributed by atoms with Gasteiger partial charge < -0.3 is 9.30 Å². The monoisotopic (exact) mass is 375 g/mol. The Balaban J connectivity index is 1.50. The molecule has 2 heterocycles. The van der Waals surface area contributed by atoms with Crippen LogP contribution in [0, 0.1) is 0 Å². The average Bonchev–Trinajstić information content (AvgIpc) is 3.07. The molecule has 2 aromatic carbocycles. The smallest absolute Gasteiger partial charge is 0.124 e. The second kappa shape index (κ2) is 9.07. The van der Waals surface area contributed by atoms with Gasteiger partial charge in [0.25, 0.3) is 0 Å². The number of piperidine rings is 1. The summed E-state index contributed by atoms with van der Waals surface area (Å²) in [7, 11) is 0. The fraction of sp³-hybridized carbons (Fsp3) is 0.375. The summed E-state index contributed by atoms with van der Waals surface area (Å²) in [6.07, 6.45) is 6.68. The summed E-state index contributed by atoms with van der Waals surface area (Å²) in [4.78, 5) is 7.46. The maximum Gasteiger partial charge on any atom is 0.124 e. The first-order valence-corrected chi connectivity index (χ1v) is 10.3. The second-order valence-electron chi connectivity index (χ2n) is 7.45. The number of para-hydroxylation sites is 3. The van der Waals surface area contributed by atoms with Crippen molar-refractivity contribution in [2.75, 3.05) is 19.7 Å². The predicted octanol–water partition coefficient (Wildman–Crippen LogP) is 4.83. The molecule has 1 fully saturated rings. The number of imidazole rings is 1. The van der Waals surface area contributed by atoms with Gasteiger partial charge in [0.1, 0.15) is 18.2 Å². The van der Waals surface area contributed by atoms with Gasteiger partial charge in [0, 0.05) is 0 Å². The zero-order valence-electron chi connectivity index (χ0n) is 16.5. The molecule has 0 unspecified atom stereocenters. The normalized spacial score (nSPS) is 15.0. The standard InChI is InChI=1S/C24H29N3O/c1-2-10-20-11-4-7-14-23(20)28-18-17-27-22-13-6-5-12-21(22)25-24(27)19-26-15-8-3-9-16-26/h2,4-7,11-14H,1,3,8-10,15-19H2. The first-order chi connectivity index (χ1) is 13.8. The van der Waals surface area contributed by atoms with E-state index in [0.29, 0.717) is 6.61 Å². The van der Waals surface area contributed by atoms with E-state index in [9.17, 15) is 0 Å². The van der Waals surface area contributed by atoms with E-state index in [0.717, 1.165) is 36.6 Å². The van der Waals surface area contributed by atoms with Crippen molar-refractivity contribution in [2.45, 2.75) is 38.8 Å². The zero-order valence-corrected chi connectivity index (χ0v) is 16.5. The number of aromatic nitrogens is 2. The molecule has 0 bridgehead atoms. The summed E-state index contributed by atoms with van der Waals surface area (Å²) < 4.78 is 8.48. The molecule has 3 aromatic rings. The highest BCUT2D eigenvalue weighted by Gasteiger charge is 2.16. The van der Waals surface area contributed by atoms with Crippen molar-refractivity contribution in [2.24, 2.45) is 0 Å². The number of benzene rings is 2. The molecule has 4 rings (SSSR count). The molecule has 0 atom stereocenters. The molecule has 0 saturated carbocycles. The molecule has 1 saturated heterocycles. The lowest BCUT2D eigenvalue weighted by Crippen LogP contribution is -2.30. The molecule has 0 amide bonds. The lowest BCUT2D eigenvalue weighted by Gasteiger charge is -2.26. The first-order valence-electron chi connectivity index (χ1n) is 10.3. The van der Waals surface area contributed by atoms with Gasteiger partial charge >= 0.3 is 0 Å². The molecule has 0 radical (unpaired) electrons. The van der Waals surface area contributed by atoms with Gasteiger partial charge in [-0.05, 0) is 56.1 Å². The van der Waals surface area contributed by atoms with E-state index in [1.165, 1.54) is 43.4 Å². The Morgan fingerprint density at radius 3 is 2.64 bits per heavy atom. The van der Waals surface area contributed by atoms with E-state index < -0.39 is 0 Å². The Labute approximate surface area is 167 Å². The van der Waals surface area contributed by atoms with E-state index in [1.54, 1.807) is 0 Å². The van der Waals surface area contributed by atoms with Crippen LogP contribution in [-0.2, 0) is 19.5 Å². The molecule has 0 N–H and O–H groups in total. The Bertz CT molecular complexity index is 924. The Morgan fingerprint density at radius 2 is 1.79 bits per heavy atom. The van der Waals surface area contributed by atoms with Crippen molar-refractivity contribution in [3.8, 4) is 5.75 Å². The number of hydrogen-bond acceptors (Lipinski definition) is 3. The number of fused-ring (bicyclic) bond motifs is 1. The lowest BCUT2D eigenvalue weighted by atomic mass is 10.1. The highest BCUT2D eigenvalue weighted by molar-refractivity contribution is 5.75. The van der Waals surface area contributed by atoms with Gasteiger partial charge in [-0.25, -0.2) is 4.98 Å². The molecule has 146 valence electrons. The SMILES string of the molecule is C=CCc1ccccc1OCCn1c(CN2CCCCC2)nc2ccccc21.